The van der Waals surface area contributed by atoms with Gasteiger partial charge < -0.3 is 19.3 Å². The predicted molar refractivity (Wildman–Crippen MR) is 107 cm³/mol. The van der Waals surface area contributed by atoms with Crippen LogP contribution in [-0.2, 0) is 32.5 Å². The molecular formula is C20H25NO6S. The Bertz CT molecular complexity index is 863. The number of anilines is 1. The second-order valence-corrected chi connectivity index (χ2v) is 7.87. The number of carbonyl (C=O) groups is 1. The predicted octanol–water partition coefficient (Wildman–Crippen LogP) is 2.71. The zero-order valence-corrected chi connectivity index (χ0v) is 16.7. The first kappa shape index (κ1) is 21.7. The van der Waals surface area contributed by atoms with Crippen LogP contribution in [0.4, 0.5) is 5.69 Å². The minimum atomic E-state index is -3.52. The minimum absolute atomic E-state index is 0.293. The van der Waals surface area contributed by atoms with Crippen LogP contribution in [0.5, 0.6) is 5.75 Å². The summed E-state index contributed by atoms with van der Waals surface area (Å²) in [7, 11) is -3.52. The van der Waals surface area contributed by atoms with Gasteiger partial charge in [0.2, 0.25) is 0 Å². The largest absolute Gasteiger partial charge is 0.479 e. The van der Waals surface area contributed by atoms with Crippen molar-refractivity contribution in [1.82, 2.24) is 0 Å². The van der Waals surface area contributed by atoms with Crippen LogP contribution in [0.25, 0.3) is 0 Å². The molecule has 0 saturated carbocycles. The summed E-state index contributed by atoms with van der Waals surface area (Å²) in [5, 5.41) is 12.4. The first-order chi connectivity index (χ1) is 13.3. The van der Waals surface area contributed by atoms with Crippen LogP contribution in [0.15, 0.2) is 48.5 Å². The fourth-order valence-electron chi connectivity index (χ4n) is 2.63. The Hall–Kier alpha value is -2.58. The summed E-state index contributed by atoms with van der Waals surface area (Å²) in [5.41, 5.74) is 2.88. The Labute approximate surface area is 165 Å². The Balaban J connectivity index is 1.82. The molecule has 0 aliphatic rings. The van der Waals surface area contributed by atoms with Crippen LogP contribution >= 0.6 is 0 Å². The molecule has 2 aromatic carbocycles. The molecule has 0 fully saturated rings. The van der Waals surface area contributed by atoms with Gasteiger partial charge in [0.25, 0.3) is 0 Å². The van der Waals surface area contributed by atoms with Gasteiger partial charge in [0.15, 0.2) is 6.10 Å². The number of nitrogens with one attached hydrogen (secondary N) is 1. The van der Waals surface area contributed by atoms with E-state index in [9.17, 15) is 13.2 Å². The van der Waals surface area contributed by atoms with E-state index in [0.29, 0.717) is 25.3 Å². The maximum Gasteiger partial charge on any atom is 0.333 e. The van der Waals surface area contributed by atoms with E-state index in [1.165, 1.54) is 0 Å². The Kier molecular flexibility index (Phi) is 7.83. The molecule has 2 aromatic rings. The van der Waals surface area contributed by atoms with Crippen LogP contribution in [-0.4, -0.2) is 45.0 Å². The van der Waals surface area contributed by atoms with Crippen LogP contribution in [0.3, 0.4) is 0 Å². The monoisotopic (exact) mass is 407 g/mol. The van der Waals surface area contributed by atoms with Crippen molar-refractivity contribution in [3.05, 3.63) is 59.7 Å². The Morgan fingerprint density at radius 3 is 2.21 bits per heavy atom. The third-order valence-corrected chi connectivity index (χ3v) is 4.43. The highest BCUT2D eigenvalue weighted by atomic mass is 32.2. The van der Waals surface area contributed by atoms with Crippen molar-refractivity contribution >= 4 is 21.8 Å². The maximum atomic E-state index is 11.2. The molecule has 1 atom stereocenters. The van der Waals surface area contributed by atoms with Gasteiger partial charge >= 0.3 is 16.1 Å². The molecule has 0 bridgehead atoms. The first-order valence-electron chi connectivity index (χ1n) is 8.92. The number of hydrogen-bond donors (Lipinski definition) is 2. The highest BCUT2D eigenvalue weighted by Gasteiger charge is 2.17. The summed E-state index contributed by atoms with van der Waals surface area (Å²) in [6.07, 6.45) is 1.25. The molecule has 0 spiro atoms. The molecule has 8 heteroatoms. The number of carboxylic acid groups (broad SMARTS) is 1. The molecule has 0 amide bonds. The lowest BCUT2D eigenvalue weighted by Crippen LogP contribution is -2.26. The minimum Gasteiger partial charge on any atom is -0.479 e. The van der Waals surface area contributed by atoms with Crippen molar-refractivity contribution in [2.24, 2.45) is 0 Å². The van der Waals surface area contributed by atoms with Gasteiger partial charge in [-0.05, 0) is 48.7 Å². The van der Waals surface area contributed by atoms with Gasteiger partial charge in [-0.25, -0.2) is 4.79 Å². The van der Waals surface area contributed by atoms with Gasteiger partial charge in [-0.3, -0.25) is 0 Å². The molecule has 0 heterocycles. The average Bonchev–Trinajstić information content (AvgIpc) is 2.63. The van der Waals surface area contributed by atoms with Crippen LogP contribution in [0, 0.1) is 0 Å². The highest BCUT2D eigenvalue weighted by molar-refractivity contribution is 7.86. The number of rotatable bonds is 11. The lowest BCUT2D eigenvalue weighted by Gasteiger charge is -2.13. The second-order valence-electron chi connectivity index (χ2n) is 6.29. The van der Waals surface area contributed by atoms with Crippen molar-refractivity contribution in [2.75, 3.05) is 24.7 Å². The highest BCUT2D eigenvalue weighted by Crippen LogP contribution is 2.15. The van der Waals surface area contributed by atoms with E-state index in [1.54, 1.807) is 19.1 Å². The average molecular weight is 407 g/mol. The molecule has 152 valence electrons. The molecule has 0 aromatic heterocycles. The number of ether oxygens (including phenoxy) is 1. The smallest absolute Gasteiger partial charge is 0.333 e. The normalized spacial score (nSPS) is 12.4. The van der Waals surface area contributed by atoms with Gasteiger partial charge in [0.1, 0.15) is 5.75 Å². The summed E-state index contributed by atoms with van der Waals surface area (Å²) in [6, 6.07) is 14.5. The fourth-order valence-corrected chi connectivity index (χ4v) is 3.09. The summed E-state index contributed by atoms with van der Waals surface area (Å²) in [6.45, 7) is 2.83. The van der Waals surface area contributed by atoms with E-state index in [1.807, 2.05) is 36.4 Å². The zero-order valence-electron chi connectivity index (χ0n) is 15.9. The third kappa shape index (κ3) is 7.58. The standard InChI is InChI=1S/C20H25NO6S/c1-3-26-19(20(22)23)14-16-4-8-17(9-5-16)21-13-12-15-6-10-18(11-7-15)27-28(2,24)25/h4-11,19,21H,3,12-14H2,1-2H3,(H,22,23). The van der Waals surface area contributed by atoms with Crippen LogP contribution in [0.2, 0.25) is 0 Å². The van der Waals surface area contributed by atoms with Crippen molar-refractivity contribution in [3.8, 4) is 5.75 Å². The molecule has 28 heavy (non-hydrogen) atoms. The molecule has 0 aliphatic heterocycles. The topological polar surface area (TPSA) is 102 Å². The summed E-state index contributed by atoms with van der Waals surface area (Å²) in [5.74, 6) is -0.668. The van der Waals surface area contributed by atoms with E-state index in [4.69, 9.17) is 14.0 Å². The Morgan fingerprint density at radius 1 is 1.07 bits per heavy atom. The number of benzene rings is 2. The molecule has 1 unspecified atom stereocenters. The molecule has 0 saturated heterocycles. The maximum absolute atomic E-state index is 11.2. The molecule has 2 rings (SSSR count). The van der Waals surface area contributed by atoms with Crippen molar-refractivity contribution < 1.29 is 27.2 Å². The third-order valence-electron chi connectivity index (χ3n) is 3.93. The molecular weight excluding hydrogens is 382 g/mol. The van der Waals surface area contributed by atoms with Crippen molar-refractivity contribution in [2.45, 2.75) is 25.9 Å². The summed E-state index contributed by atoms with van der Waals surface area (Å²) < 4.78 is 32.2. The lowest BCUT2D eigenvalue weighted by molar-refractivity contribution is -0.149. The van der Waals surface area contributed by atoms with Crippen molar-refractivity contribution in [1.29, 1.82) is 0 Å². The molecule has 7 nitrogen and oxygen atoms in total. The van der Waals surface area contributed by atoms with E-state index >= 15 is 0 Å². The van der Waals surface area contributed by atoms with Gasteiger partial charge in [-0.1, -0.05) is 24.3 Å². The van der Waals surface area contributed by atoms with Gasteiger partial charge in [-0.15, -0.1) is 0 Å². The first-order valence-corrected chi connectivity index (χ1v) is 10.7. The SMILES string of the molecule is CCOC(Cc1ccc(NCCc2ccc(OS(C)(=O)=O)cc2)cc1)C(=O)O. The van der Waals surface area contributed by atoms with Gasteiger partial charge in [0.05, 0.1) is 6.26 Å². The zero-order chi connectivity index (χ0) is 20.6. The van der Waals surface area contributed by atoms with Crippen LogP contribution in [0.1, 0.15) is 18.1 Å². The Morgan fingerprint density at radius 2 is 1.68 bits per heavy atom. The summed E-state index contributed by atoms with van der Waals surface area (Å²) >= 11 is 0. The lowest BCUT2D eigenvalue weighted by atomic mass is 10.1. The van der Waals surface area contributed by atoms with Gasteiger partial charge in [-0.2, -0.15) is 8.42 Å². The van der Waals surface area contributed by atoms with E-state index in [0.717, 1.165) is 29.5 Å². The fraction of sp³-hybridized carbons (Fsp3) is 0.350. The molecule has 0 radical (unpaired) electrons. The number of hydrogen-bond acceptors (Lipinski definition) is 6. The number of carboxylic acids is 1. The quantitative estimate of drug-likeness (QED) is 0.552. The number of aliphatic carboxylic acids is 1. The summed E-state index contributed by atoms with van der Waals surface area (Å²) in [4.78, 5) is 11.2. The van der Waals surface area contributed by atoms with E-state index in [-0.39, 0.29) is 0 Å². The molecule has 2 N–H and O–H groups in total. The van der Waals surface area contributed by atoms with E-state index in [2.05, 4.69) is 5.32 Å². The molecule has 0 aliphatic carbocycles. The van der Waals surface area contributed by atoms with E-state index < -0.39 is 22.2 Å². The van der Waals surface area contributed by atoms with Crippen LogP contribution < -0.4 is 9.50 Å². The second kappa shape index (κ2) is 10.1. The van der Waals surface area contributed by atoms with Crippen molar-refractivity contribution in [3.63, 3.8) is 0 Å². The van der Waals surface area contributed by atoms with Gasteiger partial charge in [0, 0.05) is 25.3 Å².